The van der Waals surface area contributed by atoms with Crippen LogP contribution in [0.3, 0.4) is 0 Å². The Labute approximate surface area is 81.0 Å². The molecule has 1 aliphatic rings. The molecule has 0 bridgehead atoms. The van der Waals surface area contributed by atoms with Gasteiger partial charge in [-0.1, -0.05) is 32.0 Å². The highest BCUT2D eigenvalue weighted by atomic mass is 14.2. The molecule has 70 valence electrons. The summed E-state index contributed by atoms with van der Waals surface area (Å²) in [7, 11) is 0. The third kappa shape index (κ3) is 1.77. The summed E-state index contributed by atoms with van der Waals surface area (Å²) < 4.78 is 0. The molecule has 0 N–H and O–H groups in total. The first-order valence-electron chi connectivity index (χ1n) is 5.37. The van der Waals surface area contributed by atoms with Gasteiger partial charge in [-0.05, 0) is 48.3 Å². The summed E-state index contributed by atoms with van der Waals surface area (Å²) in [5, 5.41) is 0. The van der Waals surface area contributed by atoms with Gasteiger partial charge in [-0.2, -0.15) is 0 Å². The highest BCUT2D eigenvalue weighted by molar-refractivity contribution is 5.38. The summed E-state index contributed by atoms with van der Waals surface area (Å²) in [5.74, 6) is 0.784. The minimum atomic E-state index is 0.784. The SMILES string of the molecule is CC(C)Cc1cccc2c1CCC2. The van der Waals surface area contributed by atoms with Crippen LogP contribution in [0, 0.1) is 5.92 Å². The summed E-state index contributed by atoms with van der Waals surface area (Å²) >= 11 is 0. The van der Waals surface area contributed by atoms with Gasteiger partial charge < -0.3 is 0 Å². The van der Waals surface area contributed by atoms with Crippen molar-refractivity contribution in [2.45, 2.75) is 39.5 Å². The Morgan fingerprint density at radius 2 is 2.08 bits per heavy atom. The van der Waals surface area contributed by atoms with Crippen molar-refractivity contribution in [2.75, 3.05) is 0 Å². The van der Waals surface area contributed by atoms with Crippen LogP contribution >= 0.6 is 0 Å². The average Bonchev–Trinajstić information content (AvgIpc) is 2.51. The van der Waals surface area contributed by atoms with E-state index in [-0.39, 0.29) is 0 Å². The molecule has 0 aromatic heterocycles. The maximum absolute atomic E-state index is 2.31. The summed E-state index contributed by atoms with van der Waals surface area (Å²) in [6.07, 6.45) is 5.24. The molecule has 0 nitrogen and oxygen atoms in total. The van der Waals surface area contributed by atoms with Gasteiger partial charge in [0, 0.05) is 0 Å². The number of hydrogen-bond acceptors (Lipinski definition) is 0. The molecule has 0 aliphatic heterocycles. The van der Waals surface area contributed by atoms with E-state index < -0.39 is 0 Å². The molecule has 0 heterocycles. The first kappa shape index (κ1) is 8.80. The Balaban J connectivity index is 2.30. The number of fused-ring (bicyclic) bond motifs is 1. The van der Waals surface area contributed by atoms with Gasteiger partial charge in [0.2, 0.25) is 0 Å². The highest BCUT2D eigenvalue weighted by Gasteiger charge is 2.14. The molecule has 0 saturated carbocycles. The summed E-state index contributed by atoms with van der Waals surface area (Å²) in [6.45, 7) is 4.60. The normalized spacial score (nSPS) is 15.0. The molecular formula is C13H18. The van der Waals surface area contributed by atoms with Crippen molar-refractivity contribution in [3.8, 4) is 0 Å². The van der Waals surface area contributed by atoms with Gasteiger partial charge in [0.25, 0.3) is 0 Å². The van der Waals surface area contributed by atoms with E-state index in [9.17, 15) is 0 Å². The Bertz CT molecular complexity index is 297. The van der Waals surface area contributed by atoms with Crippen molar-refractivity contribution in [1.29, 1.82) is 0 Å². The van der Waals surface area contributed by atoms with E-state index in [0.29, 0.717) is 0 Å². The van der Waals surface area contributed by atoms with Crippen molar-refractivity contribution in [2.24, 2.45) is 5.92 Å². The lowest BCUT2D eigenvalue weighted by molar-refractivity contribution is 0.643. The van der Waals surface area contributed by atoms with E-state index in [1.807, 2.05) is 0 Å². The van der Waals surface area contributed by atoms with E-state index in [2.05, 4.69) is 32.0 Å². The predicted octanol–water partition coefficient (Wildman–Crippen LogP) is 3.37. The summed E-state index contributed by atoms with van der Waals surface area (Å²) in [6, 6.07) is 6.83. The van der Waals surface area contributed by atoms with Gasteiger partial charge in [-0.3, -0.25) is 0 Å². The van der Waals surface area contributed by atoms with Crippen LogP contribution in [0.5, 0.6) is 0 Å². The third-order valence-corrected chi connectivity index (χ3v) is 2.87. The molecule has 0 fully saturated rings. The van der Waals surface area contributed by atoms with Gasteiger partial charge in [0.15, 0.2) is 0 Å². The number of aryl methyl sites for hydroxylation is 1. The lowest BCUT2D eigenvalue weighted by atomic mass is 9.96. The fourth-order valence-corrected chi connectivity index (χ4v) is 2.33. The molecule has 0 amide bonds. The second-order valence-corrected chi connectivity index (χ2v) is 4.51. The molecular weight excluding hydrogens is 156 g/mol. The topological polar surface area (TPSA) is 0 Å². The second-order valence-electron chi connectivity index (χ2n) is 4.51. The first-order chi connectivity index (χ1) is 6.27. The van der Waals surface area contributed by atoms with Gasteiger partial charge in [-0.25, -0.2) is 0 Å². The van der Waals surface area contributed by atoms with Crippen LogP contribution in [-0.2, 0) is 19.3 Å². The molecule has 1 aliphatic carbocycles. The molecule has 0 heteroatoms. The van der Waals surface area contributed by atoms with Gasteiger partial charge in [0.05, 0.1) is 0 Å². The Hall–Kier alpha value is -0.780. The molecule has 2 rings (SSSR count). The minimum Gasteiger partial charge on any atom is -0.0625 e. The first-order valence-corrected chi connectivity index (χ1v) is 5.37. The average molecular weight is 174 g/mol. The van der Waals surface area contributed by atoms with Gasteiger partial charge >= 0.3 is 0 Å². The van der Waals surface area contributed by atoms with E-state index in [0.717, 1.165) is 5.92 Å². The van der Waals surface area contributed by atoms with Gasteiger partial charge in [-0.15, -0.1) is 0 Å². The maximum Gasteiger partial charge on any atom is -0.0253 e. The highest BCUT2D eigenvalue weighted by Crippen LogP contribution is 2.26. The zero-order chi connectivity index (χ0) is 9.26. The summed E-state index contributed by atoms with van der Waals surface area (Å²) in [4.78, 5) is 0. The van der Waals surface area contributed by atoms with Crippen molar-refractivity contribution in [3.63, 3.8) is 0 Å². The van der Waals surface area contributed by atoms with E-state index >= 15 is 0 Å². The molecule has 1 aromatic carbocycles. The summed E-state index contributed by atoms with van der Waals surface area (Å²) in [5.41, 5.74) is 4.87. The fourth-order valence-electron chi connectivity index (χ4n) is 2.33. The molecule has 0 spiro atoms. The molecule has 0 saturated heterocycles. The van der Waals surface area contributed by atoms with Gasteiger partial charge in [0.1, 0.15) is 0 Å². The fraction of sp³-hybridized carbons (Fsp3) is 0.538. The second kappa shape index (κ2) is 3.53. The van der Waals surface area contributed by atoms with Crippen LogP contribution in [0.4, 0.5) is 0 Å². The Morgan fingerprint density at radius 3 is 2.85 bits per heavy atom. The zero-order valence-electron chi connectivity index (χ0n) is 8.64. The van der Waals surface area contributed by atoms with Crippen molar-refractivity contribution < 1.29 is 0 Å². The zero-order valence-corrected chi connectivity index (χ0v) is 8.64. The minimum absolute atomic E-state index is 0.784. The van der Waals surface area contributed by atoms with Crippen molar-refractivity contribution >= 4 is 0 Å². The van der Waals surface area contributed by atoms with Crippen LogP contribution in [0.15, 0.2) is 18.2 Å². The molecule has 0 unspecified atom stereocenters. The van der Waals surface area contributed by atoms with Crippen LogP contribution in [-0.4, -0.2) is 0 Å². The lowest BCUT2D eigenvalue weighted by Crippen LogP contribution is -1.98. The quantitative estimate of drug-likeness (QED) is 0.645. The van der Waals surface area contributed by atoms with Crippen molar-refractivity contribution in [1.82, 2.24) is 0 Å². The van der Waals surface area contributed by atoms with Crippen LogP contribution in [0.1, 0.15) is 37.0 Å². The molecule has 13 heavy (non-hydrogen) atoms. The van der Waals surface area contributed by atoms with E-state index in [1.54, 1.807) is 16.7 Å². The maximum atomic E-state index is 2.31. The van der Waals surface area contributed by atoms with Crippen LogP contribution in [0.25, 0.3) is 0 Å². The van der Waals surface area contributed by atoms with E-state index in [4.69, 9.17) is 0 Å². The Kier molecular flexibility index (Phi) is 2.39. The third-order valence-electron chi connectivity index (χ3n) is 2.87. The van der Waals surface area contributed by atoms with E-state index in [1.165, 1.54) is 25.7 Å². The lowest BCUT2D eigenvalue weighted by Gasteiger charge is -2.10. The smallest absolute Gasteiger partial charge is 0.0253 e. The molecule has 0 radical (unpaired) electrons. The monoisotopic (exact) mass is 174 g/mol. The Morgan fingerprint density at radius 1 is 1.23 bits per heavy atom. The predicted molar refractivity (Wildman–Crippen MR) is 57.0 cm³/mol. The van der Waals surface area contributed by atoms with Crippen molar-refractivity contribution in [3.05, 3.63) is 34.9 Å². The number of rotatable bonds is 2. The number of hydrogen-bond donors (Lipinski definition) is 0. The standard InChI is InChI=1S/C13H18/c1-10(2)9-12-7-3-5-11-6-4-8-13(11)12/h3,5,7,10H,4,6,8-9H2,1-2H3. The number of benzene rings is 1. The molecule has 0 atom stereocenters. The molecule has 1 aromatic rings. The largest absolute Gasteiger partial charge is 0.0625 e. The van der Waals surface area contributed by atoms with Crippen LogP contribution < -0.4 is 0 Å². The van der Waals surface area contributed by atoms with Crippen LogP contribution in [0.2, 0.25) is 0 Å².